The Morgan fingerprint density at radius 2 is 1.79 bits per heavy atom. The molecule has 0 aromatic heterocycles. The molecule has 0 amide bonds. The Morgan fingerprint density at radius 1 is 1.21 bits per heavy atom. The molecule has 0 bridgehead atoms. The number of ether oxygens (including phenoxy) is 1. The summed E-state index contributed by atoms with van der Waals surface area (Å²) in [4.78, 5) is 15.6. The summed E-state index contributed by atoms with van der Waals surface area (Å²) >= 11 is 0. The topological polar surface area (TPSA) is 38.7 Å². The van der Waals surface area contributed by atoms with E-state index in [-0.39, 0.29) is 11.8 Å². The maximum Gasteiger partial charge on any atom is 0.416 e. The summed E-state index contributed by atoms with van der Waals surface area (Å²) in [5.41, 5.74) is -0.383. The van der Waals surface area contributed by atoms with Crippen LogP contribution in [0, 0.1) is 5.92 Å². The lowest BCUT2D eigenvalue weighted by Crippen LogP contribution is -2.20. The number of hydrogen-bond acceptors (Lipinski definition) is 3. The van der Waals surface area contributed by atoms with E-state index in [1.54, 1.807) is 0 Å². The Hall–Kier alpha value is -1.85. The van der Waals surface area contributed by atoms with Gasteiger partial charge in [-0.2, -0.15) is 13.2 Å². The van der Waals surface area contributed by atoms with Gasteiger partial charge in [0, 0.05) is 5.56 Å². The van der Waals surface area contributed by atoms with Crippen LogP contribution in [0.2, 0.25) is 0 Å². The van der Waals surface area contributed by atoms with Gasteiger partial charge in [0.05, 0.1) is 5.56 Å². The molecular weight excluding hydrogens is 259 g/mol. The molecular formula is C13H12F3NO2. The minimum atomic E-state index is -4.38. The average Bonchev–Trinajstić information content (AvgIpc) is 2.70. The van der Waals surface area contributed by atoms with E-state index < -0.39 is 23.8 Å². The first kappa shape index (κ1) is 13.6. The molecule has 1 atom stereocenters. The first-order valence-electron chi connectivity index (χ1n) is 5.76. The fourth-order valence-corrected chi connectivity index (χ4v) is 1.72. The third-order valence-corrected chi connectivity index (χ3v) is 2.79. The van der Waals surface area contributed by atoms with Crippen molar-refractivity contribution in [3.8, 4) is 0 Å². The third-order valence-electron chi connectivity index (χ3n) is 2.79. The van der Waals surface area contributed by atoms with Crippen molar-refractivity contribution in [1.29, 1.82) is 0 Å². The number of alkyl halides is 3. The molecule has 1 aromatic rings. The smallest absolute Gasteiger partial charge is 0.406 e. The number of halogens is 3. The molecule has 0 radical (unpaired) electrons. The number of carbonyl (C=O) groups is 1. The Bertz CT molecular complexity index is 518. The zero-order valence-corrected chi connectivity index (χ0v) is 10.4. The van der Waals surface area contributed by atoms with Gasteiger partial charge < -0.3 is 4.74 Å². The highest BCUT2D eigenvalue weighted by Crippen LogP contribution is 2.29. The number of rotatable bonds is 2. The number of cyclic esters (lactones) is 1. The van der Waals surface area contributed by atoms with Crippen molar-refractivity contribution < 1.29 is 22.7 Å². The van der Waals surface area contributed by atoms with E-state index >= 15 is 0 Å². The van der Waals surface area contributed by atoms with Gasteiger partial charge in [-0.15, -0.1) is 0 Å². The highest BCUT2D eigenvalue weighted by Gasteiger charge is 2.33. The second-order valence-electron chi connectivity index (χ2n) is 4.62. The molecule has 1 unspecified atom stereocenters. The lowest BCUT2D eigenvalue weighted by molar-refractivity contribution is -0.138. The number of nitrogens with zero attached hydrogens (tertiary/aromatic N) is 1. The van der Waals surface area contributed by atoms with Crippen LogP contribution in [0.25, 0.3) is 0 Å². The predicted octanol–water partition coefficient (Wildman–Crippen LogP) is 3.03. The molecule has 2 rings (SSSR count). The standard InChI is InChI=1S/C13H12F3NO2/c1-7(2)10-12(18)19-11(17-10)8-3-5-9(6-4-8)13(14,15)16/h3-7,10H,1-2H3. The van der Waals surface area contributed by atoms with Crippen LogP contribution in [0.3, 0.4) is 0 Å². The highest BCUT2D eigenvalue weighted by molar-refractivity contribution is 6.06. The Balaban J connectivity index is 2.25. The van der Waals surface area contributed by atoms with Gasteiger partial charge in [0.25, 0.3) is 0 Å². The van der Waals surface area contributed by atoms with E-state index in [1.807, 2.05) is 13.8 Å². The second-order valence-corrected chi connectivity index (χ2v) is 4.62. The van der Waals surface area contributed by atoms with Gasteiger partial charge in [0.15, 0.2) is 6.04 Å². The zero-order valence-electron chi connectivity index (χ0n) is 10.4. The van der Waals surface area contributed by atoms with Crippen LogP contribution in [0.5, 0.6) is 0 Å². The van der Waals surface area contributed by atoms with Crippen molar-refractivity contribution in [1.82, 2.24) is 0 Å². The van der Waals surface area contributed by atoms with E-state index in [4.69, 9.17) is 4.74 Å². The molecule has 3 nitrogen and oxygen atoms in total. The first-order valence-corrected chi connectivity index (χ1v) is 5.76. The number of benzene rings is 1. The van der Waals surface area contributed by atoms with Gasteiger partial charge in [-0.1, -0.05) is 13.8 Å². The first-order chi connectivity index (χ1) is 8.79. The van der Waals surface area contributed by atoms with Gasteiger partial charge >= 0.3 is 12.1 Å². The summed E-state index contributed by atoms with van der Waals surface area (Å²) in [6.45, 7) is 3.65. The van der Waals surface area contributed by atoms with E-state index in [9.17, 15) is 18.0 Å². The summed E-state index contributed by atoms with van der Waals surface area (Å²) in [5.74, 6) is -0.401. The average molecular weight is 271 g/mol. The van der Waals surface area contributed by atoms with Crippen LogP contribution in [0.15, 0.2) is 29.3 Å². The minimum Gasteiger partial charge on any atom is -0.406 e. The number of esters is 1. The molecule has 1 aliphatic rings. The van der Waals surface area contributed by atoms with E-state index in [2.05, 4.69) is 4.99 Å². The van der Waals surface area contributed by atoms with Crippen molar-refractivity contribution in [3.05, 3.63) is 35.4 Å². The SMILES string of the molecule is CC(C)C1N=C(c2ccc(C(F)(F)F)cc2)OC1=O. The van der Waals surface area contributed by atoms with Gasteiger partial charge in [0.1, 0.15) is 0 Å². The molecule has 19 heavy (non-hydrogen) atoms. The van der Waals surface area contributed by atoms with Gasteiger partial charge in [-0.05, 0) is 30.2 Å². The maximum absolute atomic E-state index is 12.4. The van der Waals surface area contributed by atoms with Gasteiger partial charge in [-0.3, -0.25) is 0 Å². The minimum absolute atomic E-state index is 0.0144. The molecule has 0 aliphatic carbocycles. The number of hydrogen-bond donors (Lipinski definition) is 0. The summed E-state index contributed by atoms with van der Waals surface area (Å²) in [6, 6.07) is 3.79. The number of aliphatic imine (C=N–C) groups is 1. The Labute approximate surface area is 108 Å². The molecule has 0 fully saturated rings. The lowest BCUT2D eigenvalue weighted by Gasteiger charge is -2.06. The van der Waals surface area contributed by atoms with Crippen LogP contribution in [0.4, 0.5) is 13.2 Å². The van der Waals surface area contributed by atoms with Crippen molar-refractivity contribution >= 4 is 11.9 Å². The largest absolute Gasteiger partial charge is 0.416 e. The van der Waals surface area contributed by atoms with Crippen LogP contribution >= 0.6 is 0 Å². The predicted molar refractivity (Wildman–Crippen MR) is 62.7 cm³/mol. The molecule has 1 heterocycles. The maximum atomic E-state index is 12.4. The molecule has 0 N–H and O–H groups in total. The zero-order chi connectivity index (χ0) is 14.2. The summed E-state index contributed by atoms with van der Waals surface area (Å²) in [7, 11) is 0. The van der Waals surface area contributed by atoms with Crippen molar-refractivity contribution in [2.45, 2.75) is 26.1 Å². The van der Waals surface area contributed by atoms with E-state index in [0.717, 1.165) is 12.1 Å². The molecule has 0 saturated carbocycles. The Kier molecular flexibility index (Phi) is 3.34. The quantitative estimate of drug-likeness (QED) is 0.775. The third kappa shape index (κ3) is 2.77. The summed E-state index contributed by atoms with van der Waals surface area (Å²) in [5, 5.41) is 0. The number of carbonyl (C=O) groups excluding carboxylic acids is 1. The Morgan fingerprint density at radius 3 is 2.21 bits per heavy atom. The van der Waals surface area contributed by atoms with Crippen LogP contribution in [-0.4, -0.2) is 17.9 Å². The van der Waals surface area contributed by atoms with Crippen LogP contribution < -0.4 is 0 Å². The van der Waals surface area contributed by atoms with Crippen molar-refractivity contribution in [2.24, 2.45) is 10.9 Å². The lowest BCUT2D eigenvalue weighted by atomic mass is 10.1. The van der Waals surface area contributed by atoms with Crippen LogP contribution in [0.1, 0.15) is 25.0 Å². The molecule has 6 heteroatoms. The fourth-order valence-electron chi connectivity index (χ4n) is 1.72. The van der Waals surface area contributed by atoms with Gasteiger partial charge in [0.2, 0.25) is 5.90 Å². The molecule has 102 valence electrons. The highest BCUT2D eigenvalue weighted by atomic mass is 19.4. The molecule has 1 aromatic carbocycles. The van der Waals surface area contributed by atoms with E-state index in [0.29, 0.717) is 5.56 Å². The normalized spacial score (nSPS) is 19.6. The molecule has 1 aliphatic heterocycles. The summed E-state index contributed by atoms with van der Waals surface area (Å²) < 4.78 is 42.2. The monoisotopic (exact) mass is 271 g/mol. The van der Waals surface area contributed by atoms with Crippen molar-refractivity contribution in [3.63, 3.8) is 0 Å². The van der Waals surface area contributed by atoms with Gasteiger partial charge in [-0.25, -0.2) is 9.79 Å². The second kappa shape index (κ2) is 4.68. The fraction of sp³-hybridized carbons (Fsp3) is 0.385. The van der Waals surface area contributed by atoms with Crippen molar-refractivity contribution in [2.75, 3.05) is 0 Å². The van der Waals surface area contributed by atoms with E-state index in [1.165, 1.54) is 12.1 Å². The van der Waals surface area contributed by atoms with Crippen LogP contribution in [-0.2, 0) is 15.7 Å². The molecule has 0 saturated heterocycles. The summed E-state index contributed by atoms with van der Waals surface area (Å²) in [6.07, 6.45) is -4.38. The molecule has 0 spiro atoms.